The van der Waals surface area contributed by atoms with Gasteiger partial charge in [-0.05, 0) is 30.5 Å². The van der Waals surface area contributed by atoms with Crippen LogP contribution in [-0.4, -0.2) is 42.3 Å². The Kier molecular flexibility index (Phi) is 4.41. The molecule has 0 aliphatic carbocycles. The van der Waals surface area contributed by atoms with Crippen molar-refractivity contribution < 1.29 is 15.1 Å². The second-order valence-electron chi connectivity index (χ2n) is 5.43. The molecule has 1 aromatic carbocycles. The molecular weight excluding hydrogens is 310 g/mol. The third-order valence-electron chi connectivity index (χ3n) is 3.66. The highest BCUT2D eigenvalue weighted by atomic mass is 16.5. The first-order valence-corrected chi connectivity index (χ1v) is 7.38. The lowest BCUT2D eigenvalue weighted by molar-refractivity contribution is -0.124. The Morgan fingerprint density at radius 2 is 2.21 bits per heavy atom. The fourth-order valence-corrected chi connectivity index (χ4v) is 2.58. The smallest absolute Gasteiger partial charge is 0.267 e. The van der Waals surface area contributed by atoms with Crippen LogP contribution in [0.4, 0.5) is 0 Å². The van der Waals surface area contributed by atoms with Gasteiger partial charge in [0.25, 0.3) is 5.91 Å². The number of amides is 1. The molecule has 8 heteroatoms. The maximum atomic E-state index is 11.0. The highest BCUT2D eigenvalue weighted by Gasteiger charge is 2.22. The lowest BCUT2D eigenvalue weighted by Gasteiger charge is -2.18. The van der Waals surface area contributed by atoms with Crippen molar-refractivity contribution in [3.8, 4) is 0 Å². The molecule has 0 spiro atoms. The van der Waals surface area contributed by atoms with Crippen molar-refractivity contribution in [2.45, 2.75) is 19.1 Å². The molecule has 4 N–H and O–H groups in total. The number of H-pyrrole nitrogens is 1. The first-order valence-electron chi connectivity index (χ1n) is 7.38. The summed E-state index contributed by atoms with van der Waals surface area (Å²) in [7, 11) is 0. The van der Waals surface area contributed by atoms with Gasteiger partial charge in [0.15, 0.2) is 0 Å². The number of benzene rings is 1. The number of aromatic nitrogens is 4. The topological polar surface area (TPSA) is 116 Å². The highest BCUT2D eigenvalue weighted by Crippen LogP contribution is 2.25. The van der Waals surface area contributed by atoms with Gasteiger partial charge in [-0.1, -0.05) is 23.4 Å². The van der Waals surface area contributed by atoms with E-state index >= 15 is 0 Å². The van der Waals surface area contributed by atoms with Crippen molar-refractivity contribution >= 4 is 22.9 Å². The molecule has 0 saturated carbocycles. The molecule has 0 radical (unpaired) electrons. The summed E-state index contributed by atoms with van der Waals surface area (Å²) in [6.45, 7) is 1.67. The van der Waals surface area contributed by atoms with E-state index < -0.39 is 18.1 Å². The molecule has 2 atom stereocenters. The number of para-hydroxylation sites is 1. The number of aliphatic hydroxyl groups excluding tert-OH is 1. The quantitative estimate of drug-likeness (QED) is 0.320. The van der Waals surface area contributed by atoms with Crippen LogP contribution in [0.3, 0.4) is 0 Å². The fourth-order valence-electron chi connectivity index (χ4n) is 2.58. The number of aliphatic hydroxyl groups is 1. The minimum atomic E-state index is -0.711. The summed E-state index contributed by atoms with van der Waals surface area (Å²) in [4.78, 5) is 14.3. The Bertz CT molecular complexity index is 848. The molecule has 0 aliphatic rings. The maximum Gasteiger partial charge on any atom is 0.267 e. The molecule has 2 heterocycles. The van der Waals surface area contributed by atoms with E-state index in [9.17, 15) is 9.90 Å². The zero-order valence-corrected chi connectivity index (χ0v) is 12.9. The first kappa shape index (κ1) is 15.9. The van der Waals surface area contributed by atoms with Gasteiger partial charge in [0.2, 0.25) is 0 Å². The van der Waals surface area contributed by atoms with E-state index in [1.54, 1.807) is 13.1 Å². The van der Waals surface area contributed by atoms with E-state index in [2.05, 4.69) is 15.3 Å². The number of hydrogen-bond acceptors (Lipinski definition) is 5. The SMILES string of the molecule is CC(O)C(c1cc2ccccc2[nH]1)n1cc(C=CC(=O)NO)nn1. The minimum absolute atomic E-state index is 0.431. The molecule has 2 aromatic heterocycles. The Balaban J connectivity index is 1.93. The van der Waals surface area contributed by atoms with Crippen LogP contribution in [0.5, 0.6) is 0 Å². The van der Waals surface area contributed by atoms with Crippen LogP contribution < -0.4 is 5.48 Å². The number of hydrogen-bond donors (Lipinski definition) is 4. The lowest BCUT2D eigenvalue weighted by atomic mass is 10.1. The molecule has 1 amide bonds. The van der Waals surface area contributed by atoms with E-state index in [0.29, 0.717) is 5.69 Å². The van der Waals surface area contributed by atoms with Crippen molar-refractivity contribution in [2.75, 3.05) is 0 Å². The van der Waals surface area contributed by atoms with Crippen LogP contribution in [0.15, 0.2) is 42.6 Å². The predicted octanol–water partition coefficient (Wildman–Crippen LogP) is 1.25. The number of fused-ring (bicyclic) bond motifs is 1. The highest BCUT2D eigenvalue weighted by molar-refractivity contribution is 5.90. The van der Waals surface area contributed by atoms with E-state index in [1.807, 2.05) is 30.3 Å². The maximum absolute atomic E-state index is 11.0. The van der Waals surface area contributed by atoms with Gasteiger partial charge in [0.1, 0.15) is 11.7 Å². The summed E-state index contributed by atoms with van der Waals surface area (Å²) in [5.74, 6) is -0.660. The van der Waals surface area contributed by atoms with Crippen LogP contribution in [0.2, 0.25) is 0 Å². The molecule has 0 fully saturated rings. The van der Waals surface area contributed by atoms with E-state index in [1.165, 1.54) is 16.2 Å². The molecule has 0 aliphatic heterocycles. The average molecular weight is 327 g/mol. The first-order chi connectivity index (χ1) is 11.6. The van der Waals surface area contributed by atoms with Crippen molar-refractivity contribution in [3.63, 3.8) is 0 Å². The molecule has 8 nitrogen and oxygen atoms in total. The number of nitrogens with zero attached hydrogens (tertiary/aromatic N) is 3. The molecule has 24 heavy (non-hydrogen) atoms. The zero-order valence-electron chi connectivity index (χ0n) is 12.9. The summed E-state index contributed by atoms with van der Waals surface area (Å²) in [5, 5.41) is 27.7. The monoisotopic (exact) mass is 327 g/mol. The normalized spacial score (nSPS) is 14.1. The molecule has 0 bridgehead atoms. The third-order valence-corrected chi connectivity index (χ3v) is 3.66. The van der Waals surface area contributed by atoms with Gasteiger partial charge < -0.3 is 10.1 Å². The Labute approximate surface area is 137 Å². The summed E-state index contributed by atoms with van der Waals surface area (Å²) in [6.07, 6.45) is 3.45. The number of carbonyl (C=O) groups is 1. The van der Waals surface area contributed by atoms with Crippen molar-refractivity contribution in [1.29, 1.82) is 0 Å². The van der Waals surface area contributed by atoms with E-state index in [0.717, 1.165) is 22.7 Å². The van der Waals surface area contributed by atoms with Crippen LogP contribution >= 0.6 is 0 Å². The van der Waals surface area contributed by atoms with Gasteiger partial charge in [0, 0.05) is 17.3 Å². The average Bonchev–Trinajstić information content (AvgIpc) is 3.19. The number of carbonyl (C=O) groups excluding carboxylic acids is 1. The Morgan fingerprint density at radius 3 is 2.92 bits per heavy atom. The molecule has 0 saturated heterocycles. The van der Waals surface area contributed by atoms with E-state index in [-0.39, 0.29) is 0 Å². The summed E-state index contributed by atoms with van der Waals surface area (Å²) in [6, 6.07) is 9.34. The minimum Gasteiger partial charge on any atom is -0.391 e. The van der Waals surface area contributed by atoms with Crippen LogP contribution in [0, 0.1) is 0 Å². The molecule has 124 valence electrons. The van der Waals surface area contributed by atoms with Crippen molar-refractivity contribution in [1.82, 2.24) is 25.5 Å². The van der Waals surface area contributed by atoms with Crippen LogP contribution in [0.25, 0.3) is 17.0 Å². The standard InChI is InChI=1S/C16H17N5O3/c1-10(22)16(14-8-11-4-2-3-5-13(11)17-14)21-9-12(18-20-21)6-7-15(23)19-24/h2-10,16-17,22,24H,1H3,(H,19,23). The number of hydroxylamine groups is 1. The van der Waals surface area contributed by atoms with Crippen molar-refractivity contribution in [2.24, 2.45) is 0 Å². The number of nitrogens with one attached hydrogen (secondary N) is 2. The number of rotatable bonds is 5. The van der Waals surface area contributed by atoms with Gasteiger partial charge >= 0.3 is 0 Å². The lowest BCUT2D eigenvalue weighted by Crippen LogP contribution is -2.23. The zero-order chi connectivity index (χ0) is 17.1. The van der Waals surface area contributed by atoms with Crippen LogP contribution in [0.1, 0.15) is 24.4 Å². The Morgan fingerprint density at radius 1 is 1.42 bits per heavy atom. The number of aromatic amines is 1. The van der Waals surface area contributed by atoms with Gasteiger partial charge in [-0.15, -0.1) is 5.10 Å². The molecule has 2 unspecified atom stereocenters. The summed E-state index contributed by atoms with van der Waals surface area (Å²) >= 11 is 0. The van der Waals surface area contributed by atoms with Gasteiger partial charge in [-0.25, -0.2) is 10.2 Å². The van der Waals surface area contributed by atoms with Crippen molar-refractivity contribution in [3.05, 3.63) is 54.0 Å². The fraction of sp³-hybridized carbons (Fsp3) is 0.188. The second-order valence-corrected chi connectivity index (χ2v) is 5.43. The van der Waals surface area contributed by atoms with E-state index in [4.69, 9.17) is 5.21 Å². The molecule has 3 rings (SSSR count). The second kappa shape index (κ2) is 6.65. The summed E-state index contributed by atoms with van der Waals surface area (Å²) in [5.41, 5.74) is 3.70. The van der Waals surface area contributed by atoms with Gasteiger partial charge in [-0.3, -0.25) is 10.0 Å². The summed E-state index contributed by atoms with van der Waals surface area (Å²) < 4.78 is 1.53. The van der Waals surface area contributed by atoms with Gasteiger partial charge in [0.05, 0.1) is 12.3 Å². The predicted molar refractivity (Wildman–Crippen MR) is 87.1 cm³/mol. The largest absolute Gasteiger partial charge is 0.391 e. The van der Waals surface area contributed by atoms with Crippen LogP contribution in [-0.2, 0) is 4.79 Å². The molecule has 3 aromatic rings. The Hall–Kier alpha value is -2.97. The third kappa shape index (κ3) is 3.19. The van der Waals surface area contributed by atoms with Gasteiger partial charge in [-0.2, -0.15) is 0 Å². The molecular formula is C16H17N5O3.